The largest absolute Gasteiger partial charge is 0.398 e. The molecule has 14 heavy (non-hydrogen) atoms. The Morgan fingerprint density at radius 2 is 1.93 bits per heavy atom. The summed E-state index contributed by atoms with van der Waals surface area (Å²) in [6.45, 7) is 0. The minimum atomic E-state index is 0. The van der Waals surface area contributed by atoms with Gasteiger partial charge in [0, 0.05) is 10.6 Å². The molecule has 1 aromatic carbocycles. The van der Waals surface area contributed by atoms with Gasteiger partial charge in [-0.3, -0.25) is 5.41 Å². The fourth-order valence-corrected chi connectivity index (χ4v) is 1.65. The van der Waals surface area contributed by atoms with E-state index >= 15 is 0 Å². The molecule has 0 amide bonds. The van der Waals surface area contributed by atoms with Crippen LogP contribution in [0.2, 0.25) is 0 Å². The lowest BCUT2D eigenvalue weighted by Gasteiger charge is -2.07. The fraction of sp³-hybridized carbons (Fsp3) is 0.125. The number of nitrogen functional groups attached to an aromatic ring is 2. The van der Waals surface area contributed by atoms with Crippen LogP contribution in [-0.2, 0) is 0 Å². The van der Waals surface area contributed by atoms with Crippen molar-refractivity contribution in [2.75, 3.05) is 12.0 Å². The van der Waals surface area contributed by atoms with Gasteiger partial charge in [0.15, 0.2) is 0 Å². The summed E-state index contributed by atoms with van der Waals surface area (Å²) < 4.78 is 0. The molecule has 0 aliphatic rings. The molecule has 0 bridgehead atoms. The molecule has 0 radical (unpaired) electrons. The molecule has 0 aromatic heterocycles. The van der Waals surface area contributed by atoms with E-state index in [2.05, 4.69) is 0 Å². The van der Waals surface area contributed by atoms with E-state index in [1.807, 2.05) is 18.4 Å². The maximum atomic E-state index is 7.30. The highest BCUT2D eigenvalue weighted by atomic mass is 35.5. The molecule has 1 rings (SSSR count). The molecule has 0 saturated carbocycles. The molecule has 3 nitrogen and oxygen atoms in total. The van der Waals surface area contributed by atoms with Crippen LogP contribution in [0, 0.1) is 5.41 Å². The van der Waals surface area contributed by atoms with Gasteiger partial charge in [-0.25, -0.2) is 0 Å². The lowest BCUT2D eigenvalue weighted by atomic mass is 10.1. The maximum Gasteiger partial charge on any atom is 0.126 e. The summed E-state index contributed by atoms with van der Waals surface area (Å²) in [5, 5.41) is 7.30. The molecule has 0 spiro atoms. The molecule has 0 fully saturated rings. The SMILES string of the molecule is CSc1cccc(N)c1C(=N)N.Cl.Cl. The molecule has 0 aliphatic carbocycles. The number of nitrogens with one attached hydrogen (secondary N) is 1. The Morgan fingerprint density at radius 3 is 2.29 bits per heavy atom. The van der Waals surface area contributed by atoms with Crippen molar-refractivity contribution >= 4 is 48.1 Å². The summed E-state index contributed by atoms with van der Waals surface area (Å²) in [7, 11) is 0. The highest BCUT2D eigenvalue weighted by molar-refractivity contribution is 7.98. The van der Waals surface area contributed by atoms with Gasteiger partial charge in [0.2, 0.25) is 0 Å². The van der Waals surface area contributed by atoms with Crippen LogP contribution in [0.3, 0.4) is 0 Å². The van der Waals surface area contributed by atoms with Crippen molar-refractivity contribution < 1.29 is 0 Å². The number of anilines is 1. The molecule has 0 saturated heterocycles. The van der Waals surface area contributed by atoms with E-state index in [-0.39, 0.29) is 30.6 Å². The second-order valence-electron chi connectivity index (χ2n) is 2.34. The summed E-state index contributed by atoms with van der Waals surface area (Å²) in [6, 6.07) is 5.50. The first-order valence-electron chi connectivity index (χ1n) is 3.43. The third-order valence-corrected chi connectivity index (χ3v) is 2.33. The van der Waals surface area contributed by atoms with Crippen LogP contribution < -0.4 is 11.5 Å². The van der Waals surface area contributed by atoms with Crippen molar-refractivity contribution in [2.24, 2.45) is 5.73 Å². The first-order chi connectivity index (χ1) is 5.66. The predicted molar refractivity (Wildman–Crippen MR) is 68.1 cm³/mol. The smallest absolute Gasteiger partial charge is 0.126 e. The topological polar surface area (TPSA) is 75.9 Å². The highest BCUT2D eigenvalue weighted by Gasteiger charge is 2.07. The van der Waals surface area contributed by atoms with Crippen molar-refractivity contribution in [2.45, 2.75) is 4.90 Å². The van der Waals surface area contributed by atoms with Crippen molar-refractivity contribution in [1.29, 1.82) is 5.41 Å². The van der Waals surface area contributed by atoms with Gasteiger partial charge in [0.05, 0.1) is 5.56 Å². The van der Waals surface area contributed by atoms with Crippen molar-refractivity contribution in [3.63, 3.8) is 0 Å². The number of thioether (sulfide) groups is 1. The van der Waals surface area contributed by atoms with Gasteiger partial charge in [-0.15, -0.1) is 36.6 Å². The molecule has 0 aliphatic heterocycles. The molecular weight excluding hydrogens is 241 g/mol. The highest BCUT2D eigenvalue weighted by Crippen LogP contribution is 2.24. The van der Waals surface area contributed by atoms with Crippen LogP contribution >= 0.6 is 36.6 Å². The van der Waals surface area contributed by atoms with Crippen LogP contribution in [0.1, 0.15) is 5.56 Å². The zero-order valence-corrected chi connectivity index (χ0v) is 10.1. The summed E-state index contributed by atoms with van der Waals surface area (Å²) in [4.78, 5) is 0.947. The van der Waals surface area contributed by atoms with Crippen LogP contribution in [0.15, 0.2) is 23.1 Å². The average molecular weight is 254 g/mol. The van der Waals surface area contributed by atoms with Gasteiger partial charge in [-0.2, -0.15) is 0 Å². The molecule has 1 aromatic rings. The Kier molecular flexibility index (Phi) is 7.72. The van der Waals surface area contributed by atoms with Crippen LogP contribution in [0.4, 0.5) is 5.69 Å². The van der Waals surface area contributed by atoms with Crippen molar-refractivity contribution in [3.8, 4) is 0 Å². The lowest BCUT2D eigenvalue weighted by Crippen LogP contribution is -2.14. The van der Waals surface area contributed by atoms with Crippen molar-refractivity contribution in [1.82, 2.24) is 0 Å². The number of rotatable bonds is 2. The Hall–Kier alpha value is -0.580. The monoisotopic (exact) mass is 253 g/mol. The van der Waals surface area contributed by atoms with Gasteiger partial charge in [0.25, 0.3) is 0 Å². The lowest BCUT2D eigenvalue weighted by molar-refractivity contribution is 1.35. The molecule has 80 valence electrons. The number of nitrogens with two attached hydrogens (primary N) is 2. The standard InChI is InChI=1S/C8H11N3S.2ClH/c1-12-6-4-2-3-5(9)7(6)8(10)11;;/h2-4H,9H2,1H3,(H3,10,11);2*1H. The molecule has 6 heteroatoms. The van der Waals surface area contributed by atoms with Gasteiger partial charge in [0.1, 0.15) is 5.84 Å². The summed E-state index contributed by atoms with van der Waals surface area (Å²) in [6.07, 6.45) is 1.93. The number of hydrogen-bond donors (Lipinski definition) is 3. The molecule has 0 atom stereocenters. The molecule has 5 N–H and O–H groups in total. The average Bonchev–Trinajstić information content (AvgIpc) is 2.03. The van der Waals surface area contributed by atoms with Gasteiger partial charge < -0.3 is 11.5 Å². The van der Waals surface area contributed by atoms with Crippen LogP contribution in [0.25, 0.3) is 0 Å². The summed E-state index contributed by atoms with van der Waals surface area (Å²) in [5.41, 5.74) is 12.3. The second-order valence-corrected chi connectivity index (χ2v) is 3.19. The third kappa shape index (κ3) is 3.29. The minimum Gasteiger partial charge on any atom is -0.398 e. The fourth-order valence-electron chi connectivity index (χ4n) is 1.01. The van der Waals surface area contributed by atoms with E-state index in [4.69, 9.17) is 16.9 Å². The zero-order valence-electron chi connectivity index (χ0n) is 7.61. The quantitative estimate of drug-likeness (QED) is 0.327. The third-order valence-electron chi connectivity index (χ3n) is 1.55. The van der Waals surface area contributed by atoms with Crippen molar-refractivity contribution in [3.05, 3.63) is 23.8 Å². The molecule has 0 heterocycles. The molecular formula is C8H13Cl2N3S. The van der Waals surface area contributed by atoms with E-state index in [1.54, 1.807) is 6.07 Å². The van der Waals surface area contributed by atoms with E-state index in [0.717, 1.165) is 4.90 Å². The number of halogens is 2. The number of hydrogen-bond acceptors (Lipinski definition) is 3. The Morgan fingerprint density at radius 1 is 1.36 bits per heavy atom. The first-order valence-corrected chi connectivity index (χ1v) is 4.66. The number of amidine groups is 1. The maximum absolute atomic E-state index is 7.30. The minimum absolute atomic E-state index is 0. The Bertz CT molecular complexity index is 317. The number of benzene rings is 1. The molecule has 0 unspecified atom stereocenters. The van der Waals surface area contributed by atoms with Gasteiger partial charge in [-0.1, -0.05) is 6.07 Å². The van der Waals surface area contributed by atoms with Gasteiger partial charge >= 0.3 is 0 Å². The van der Waals surface area contributed by atoms with E-state index in [1.165, 1.54) is 11.8 Å². The zero-order chi connectivity index (χ0) is 9.14. The van der Waals surface area contributed by atoms with Gasteiger partial charge in [-0.05, 0) is 18.4 Å². The first kappa shape index (κ1) is 15.9. The van der Waals surface area contributed by atoms with E-state index in [0.29, 0.717) is 11.3 Å². The Labute approximate surface area is 100.0 Å². The second kappa shape index (κ2) is 6.81. The van der Waals surface area contributed by atoms with Crippen LogP contribution in [0.5, 0.6) is 0 Å². The normalized spacial score (nSPS) is 8.36. The Balaban J connectivity index is 0. The summed E-state index contributed by atoms with van der Waals surface area (Å²) >= 11 is 1.54. The van der Waals surface area contributed by atoms with E-state index < -0.39 is 0 Å². The summed E-state index contributed by atoms with van der Waals surface area (Å²) in [5.74, 6) is 0.0254. The van der Waals surface area contributed by atoms with E-state index in [9.17, 15) is 0 Å². The van der Waals surface area contributed by atoms with Crippen LogP contribution in [-0.4, -0.2) is 12.1 Å². The predicted octanol–water partition coefficient (Wildman–Crippen LogP) is 2.12.